The Kier molecular flexibility index (Phi) is 8.02. The van der Waals surface area contributed by atoms with Gasteiger partial charge in [0.25, 0.3) is 5.69 Å². The van der Waals surface area contributed by atoms with E-state index < -0.39 is 43.4 Å². The van der Waals surface area contributed by atoms with Gasteiger partial charge in [0, 0.05) is 19.1 Å². The fraction of sp³-hybridized carbons (Fsp3) is 0.591. The lowest BCUT2D eigenvalue weighted by Crippen LogP contribution is -2.67. The highest BCUT2D eigenvalue weighted by molar-refractivity contribution is 6.74. The summed E-state index contributed by atoms with van der Waals surface area (Å²) < 4.78 is 16.8. The molecule has 1 aliphatic rings. The van der Waals surface area contributed by atoms with Gasteiger partial charge in [-0.15, -0.1) is 0 Å². The van der Waals surface area contributed by atoms with Crippen molar-refractivity contribution in [2.24, 2.45) is 5.92 Å². The topological polar surface area (TPSA) is 125 Å². The van der Waals surface area contributed by atoms with Crippen LogP contribution in [0.4, 0.5) is 5.69 Å². The molecular weight excluding hydrogens is 448 g/mol. The number of carbonyl (C=O) groups excluding carboxylic acids is 3. The van der Waals surface area contributed by atoms with Gasteiger partial charge in [0.05, 0.1) is 11.0 Å². The number of esters is 2. The number of likely N-dealkylation sites (tertiary alicyclic amines) is 1. The minimum Gasteiger partial charge on any atom is -0.459 e. The summed E-state index contributed by atoms with van der Waals surface area (Å²) >= 11 is 0. The minimum atomic E-state index is -2.17. The summed E-state index contributed by atoms with van der Waals surface area (Å²) in [6.45, 7) is 12.9. The average molecular weight is 481 g/mol. The van der Waals surface area contributed by atoms with Crippen LogP contribution in [0, 0.1) is 16.0 Å². The van der Waals surface area contributed by atoms with Crippen LogP contribution >= 0.6 is 0 Å². The molecule has 0 radical (unpaired) electrons. The molecule has 182 valence electrons. The average Bonchev–Trinajstić information content (AvgIpc) is 2.68. The Balaban J connectivity index is 2.01. The zero-order valence-corrected chi connectivity index (χ0v) is 21.1. The van der Waals surface area contributed by atoms with Crippen molar-refractivity contribution in [2.75, 3.05) is 6.54 Å². The molecule has 1 saturated heterocycles. The normalized spacial score (nSPS) is 19.5. The van der Waals surface area contributed by atoms with E-state index in [0.717, 1.165) is 4.90 Å². The largest absolute Gasteiger partial charge is 0.459 e. The van der Waals surface area contributed by atoms with E-state index in [0.29, 0.717) is 5.56 Å². The molecule has 10 nitrogen and oxygen atoms in total. The Morgan fingerprint density at radius 3 is 2.27 bits per heavy atom. The Hall–Kier alpha value is -2.79. The van der Waals surface area contributed by atoms with E-state index in [9.17, 15) is 24.5 Å². The van der Waals surface area contributed by atoms with Crippen molar-refractivity contribution >= 4 is 31.9 Å². The Morgan fingerprint density at radius 2 is 1.79 bits per heavy atom. The summed E-state index contributed by atoms with van der Waals surface area (Å²) in [7, 11) is -2.17. The van der Waals surface area contributed by atoms with E-state index in [1.807, 2.05) is 0 Å². The molecule has 0 N–H and O–H groups in total. The number of nitro benzene ring substituents is 1. The predicted molar refractivity (Wildman–Crippen MR) is 121 cm³/mol. The van der Waals surface area contributed by atoms with Crippen LogP contribution in [-0.2, 0) is 34.9 Å². The SMILES string of the molecule is CC(=O)OC1[C@@H]([C@@H](C)O[Si](C)(C)C(C)(C)C)C(=O)N1CC(=O)OCc1ccc([N+](=O)[O-])cc1. The van der Waals surface area contributed by atoms with Gasteiger partial charge < -0.3 is 13.9 Å². The molecular formula is C22H32N2O8Si. The maximum atomic E-state index is 12.8. The number of nitrogens with zero attached hydrogens (tertiary/aromatic N) is 2. The van der Waals surface area contributed by atoms with Gasteiger partial charge >= 0.3 is 11.9 Å². The van der Waals surface area contributed by atoms with E-state index in [2.05, 4.69) is 33.9 Å². The quantitative estimate of drug-likeness (QED) is 0.173. The molecule has 0 spiro atoms. The number of hydrogen-bond acceptors (Lipinski definition) is 8. The van der Waals surface area contributed by atoms with Crippen molar-refractivity contribution in [3.63, 3.8) is 0 Å². The number of hydrogen-bond donors (Lipinski definition) is 0. The molecule has 1 aromatic rings. The molecule has 1 heterocycles. The zero-order chi connectivity index (χ0) is 25.1. The first-order valence-electron chi connectivity index (χ1n) is 10.7. The van der Waals surface area contributed by atoms with E-state index in [-0.39, 0.29) is 29.8 Å². The maximum absolute atomic E-state index is 12.8. The first-order chi connectivity index (χ1) is 15.1. The van der Waals surface area contributed by atoms with Gasteiger partial charge in [0.15, 0.2) is 14.5 Å². The standard InChI is InChI=1S/C22H32N2O8Si/c1-14(32-33(6,7)22(3,4)5)19-20(27)23(21(19)31-15(2)25)12-18(26)30-13-16-8-10-17(11-9-16)24(28)29/h8-11,14,19,21H,12-13H2,1-7H3/t14-,19+,21?/m1/s1. The van der Waals surface area contributed by atoms with Gasteiger partial charge in [0.1, 0.15) is 19.1 Å². The fourth-order valence-electron chi connectivity index (χ4n) is 3.24. The lowest BCUT2D eigenvalue weighted by molar-refractivity contribution is -0.384. The van der Waals surface area contributed by atoms with Crippen molar-refractivity contribution in [1.29, 1.82) is 0 Å². The van der Waals surface area contributed by atoms with Gasteiger partial charge in [-0.05, 0) is 42.8 Å². The van der Waals surface area contributed by atoms with Crippen LogP contribution in [0.15, 0.2) is 24.3 Å². The minimum absolute atomic E-state index is 0.0631. The molecule has 1 unspecified atom stereocenters. The van der Waals surface area contributed by atoms with E-state index in [1.165, 1.54) is 31.2 Å². The Bertz CT molecular complexity index is 910. The number of carbonyl (C=O) groups is 3. The molecule has 11 heteroatoms. The zero-order valence-electron chi connectivity index (χ0n) is 20.1. The number of nitro groups is 1. The summed E-state index contributed by atoms with van der Waals surface area (Å²) in [5.41, 5.74) is 0.496. The molecule has 0 saturated carbocycles. The lowest BCUT2D eigenvalue weighted by Gasteiger charge is -2.49. The van der Waals surface area contributed by atoms with Crippen LogP contribution in [0.25, 0.3) is 0 Å². The highest BCUT2D eigenvalue weighted by Crippen LogP contribution is 2.40. The van der Waals surface area contributed by atoms with Crippen LogP contribution in [0.3, 0.4) is 0 Å². The third kappa shape index (κ3) is 6.38. The third-order valence-electron chi connectivity index (χ3n) is 6.11. The Morgan fingerprint density at radius 1 is 1.21 bits per heavy atom. The number of ether oxygens (including phenoxy) is 2. The molecule has 0 aliphatic carbocycles. The van der Waals surface area contributed by atoms with Crippen LogP contribution in [-0.4, -0.2) is 54.9 Å². The molecule has 0 aromatic heterocycles. The highest BCUT2D eigenvalue weighted by Gasteiger charge is 2.55. The van der Waals surface area contributed by atoms with Crippen molar-refractivity contribution in [3.8, 4) is 0 Å². The van der Waals surface area contributed by atoms with Crippen molar-refractivity contribution in [1.82, 2.24) is 4.90 Å². The molecule has 2 rings (SSSR count). The molecule has 33 heavy (non-hydrogen) atoms. The smallest absolute Gasteiger partial charge is 0.326 e. The monoisotopic (exact) mass is 480 g/mol. The van der Waals surface area contributed by atoms with Crippen molar-refractivity contribution < 1.29 is 33.2 Å². The summed E-state index contributed by atoms with van der Waals surface area (Å²) in [6, 6.07) is 5.59. The maximum Gasteiger partial charge on any atom is 0.326 e. The van der Waals surface area contributed by atoms with E-state index in [1.54, 1.807) is 6.92 Å². The number of non-ortho nitro benzene ring substituents is 1. The van der Waals surface area contributed by atoms with Gasteiger partial charge in [-0.3, -0.25) is 29.4 Å². The van der Waals surface area contributed by atoms with Crippen LogP contribution in [0.1, 0.15) is 40.2 Å². The molecule has 3 atom stereocenters. The summed E-state index contributed by atoms with van der Waals surface area (Å²) in [6.07, 6.45) is -1.41. The number of β-lactam (4-membered cyclic amide) rings is 1. The van der Waals surface area contributed by atoms with E-state index >= 15 is 0 Å². The van der Waals surface area contributed by atoms with E-state index in [4.69, 9.17) is 13.9 Å². The van der Waals surface area contributed by atoms with Crippen LogP contribution in [0.2, 0.25) is 18.1 Å². The van der Waals surface area contributed by atoms with Crippen molar-refractivity contribution in [3.05, 3.63) is 39.9 Å². The van der Waals surface area contributed by atoms with Gasteiger partial charge in [-0.2, -0.15) is 0 Å². The van der Waals surface area contributed by atoms with Crippen LogP contribution in [0.5, 0.6) is 0 Å². The third-order valence-corrected chi connectivity index (χ3v) is 10.7. The van der Waals surface area contributed by atoms with Gasteiger partial charge in [-0.1, -0.05) is 20.8 Å². The lowest BCUT2D eigenvalue weighted by atomic mass is 9.90. The number of amides is 1. The molecule has 1 aromatic carbocycles. The number of benzene rings is 1. The van der Waals surface area contributed by atoms with Gasteiger partial charge in [-0.25, -0.2) is 0 Å². The summed E-state index contributed by atoms with van der Waals surface area (Å²) in [4.78, 5) is 48.1. The second-order valence-corrected chi connectivity index (χ2v) is 14.4. The summed E-state index contributed by atoms with van der Waals surface area (Å²) in [5.74, 6) is -2.30. The number of rotatable bonds is 9. The molecule has 1 amide bonds. The molecule has 1 aliphatic heterocycles. The summed E-state index contributed by atoms with van der Waals surface area (Å²) in [5, 5.41) is 10.7. The second-order valence-electron chi connectivity index (χ2n) is 9.66. The Labute approximate surface area is 194 Å². The molecule has 1 fully saturated rings. The van der Waals surface area contributed by atoms with Crippen LogP contribution < -0.4 is 0 Å². The first-order valence-corrected chi connectivity index (χ1v) is 13.6. The van der Waals surface area contributed by atoms with Gasteiger partial charge in [0.2, 0.25) is 5.91 Å². The fourth-order valence-corrected chi connectivity index (χ4v) is 4.66. The molecule has 0 bridgehead atoms. The first kappa shape index (κ1) is 26.5. The predicted octanol–water partition coefficient (Wildman–Crippen LogP) is 3.40. The van der Waals surface area contributed by atoms with Crippen molar-refractivity contribution in [2.45, 2.75) is 71.7 Å². The highest BCUT2D eigenvalue weighted by atomic mass is 28.4. The second kappa shape index (κ2) is 10.00.